The van der Waals surface area contributed by atoms with Gasteiger partial charge in [-0.1, -0.05) is 34.9 Å². The number of hydrogen-bond donors (Lipinski definition) is 1. The maximum Gasteiger partial charge on any atom is 0.175 e. The first-order valence-electron chi connectivity index (χ1n) is 5.68. The lowest BCUT2D eigenvalue weighted by Crippen LogP contribution is -2.45. The van der Waals surface area contributed by atoms with Crippen LogP contribution in [0.3, 0.4) is 0 Å². The molecule has 0 radical (unpaired) electrons. The molecule has 0 spiro atoms. The number of nitrogens with zero attached hydrogens (tertiary/aromatic N) is 3. The Hall–Kier alpha value is -0.290. The molecule has 0 aliphatic rings. The standard InChI is InChI=1S/C11H18N4S3/c1-8(2)13-11(3,7-12)5-6-17-10-15-14-9(16-4)18-10/h8,13H,5-6H2,1-4H3. The zero-order chi connectivity index (χ0) is 13.6. The minimum absolute atomic E-state index is 0.310. The van der Waals surface area contributed by atoms with E-state index in [1.807, 2.05) is 13.2 Å². The molecule has 18 heavy (non-hydrogen) atoms. The zero-order valence-corrected chi connectivity index (χ0v) is 13.5. The Kier molecular flexibility index (Phi) is 6.43. The van der Waals surface area contributed by atoms with Crippen LogP contribution >= 0.6 is 34.9 Å². The molecule has 4 nitrogen and oxygen atoms in total. The first kappa shape index (κ1) is 15.8. The quantitative estimate of drug-likeness (QED) is 0.781. The van der Waals surface area contributed by atoms with E-state index in [9.17, 15) is 5.26 Å². The maximum absolute atomic E-state index is 9.22. The average molecular weight is 302 g/mol. The predicted molar refractivity (Wildman–Crippen MR) is 79.3 cm³/mol. The number of rotatable bonds is 7. The summed E-state index contributed by atoms with van der Waals surface area (Å²) in [4.78, 5) is 0. The van der Waals surface area contributed by atoms with E-state index < -0.39 is 5.54 Å². The number of nitrogens with one attached hydrogen (secondary N) is 1. The molecule has 1 rings (SSSR count). The summed E-state index contributed by atoms with van der Waals surface area (Å²) < 4.78 is 1.96. The summed E-state index contributed by atoms with van der Waals surface area (Å²) in [5.74, 6) is 0.868. The summed E-state index contributed by atoms with van der Waals surface area (Å²) in [5, 5.41) is 20.7. The van der Waals surface area contributed by atoms with Crippen molar-refractivity contribution in [1.82, 2.24) is 15.5 Å². The van der Waals surface area contributed by atoms with Gasteiger partial charge in [0.15, 0.2) is 8.68 Å². The Balaban J connectivity index is 2.42. The summed E-state index contributed by atoms with van der Waals surface area (Å²) in [6, 6.07) is 2.66. The Morgan fingerprint density at radius 2 is 2.11 bits per heavy atom. The lowest BCUT2D eigenvalue weighted by molar-refractivity contribution is 0.397. The topological polar surface area (TPSA) is 61.6 Å². The monoisotopic (exact) mass is 302 g/mol. The molecule has 1 aromatic heterocycles. The maximum atomic E-state index is 9.22. The molecule has 1 heterocycles. The summed E-state index contributed by atoms with van der Waals surface area (Å²) in [7, 11) is 0. The summed E-state index contributed by atoms with van der Waals surface area (Å²) in [6.45, 7) is 6.05. The highest BCUT2D eigenvalue weighted by Crippen LogP contribution is 2.28. The van der Waals surface area contributed by atoms with E-state index in [0.29, 0.717) is 6.04 Å². The minimum Gasteiger partial charge on any atom is -0.297 e. The van der Waals surface area contributed by atoms with Crippen molar-refractivity contribution >= 4 is 34.9 Å². The highest BCUT2D eigenvalue weighted by atomic mass is 32.2. The Morgan fingerprint density at radius 1 is 1.44 bits per heavy atom. The molecule has 0 saturated heterocycles. The van der Waals surface area contributed by atoms with E-state index in [1.165, 1.54) is 0 Å². The molecule has 0 aliphatic heterocycles. The first-order valence-corrected chi connectivity index (χ1v) is 8.71. The molecule has 0 bridgehead atoms. The van der Waals surface area contributed by atoms with E-state index in [0.717, 1.165) is 20.9 Å². The van der Waals surface area contributed by atoms with E-state index in [1.54, 1.807) is 34.9 Å². The molecule has 0 fully saturated rings. The zero-order valence-electron chi connectivity index (χ0n) is 11.1. The van der Waals surface area contributed by atoms with Crippen LogP contribution in [0, 0.1) is 11.3 Å². The largest absolute Gasteiger partial charge is 0.297 e. The minimum atomic E-state index is -0.464. The van der Waals surface area contributed by atoms with Gasteiger partial charge in [0.1, 0.15) is 5.54 Å². The number of thioether (sulfide) groups is 2. The van der Waals surface area contributed by atoms with Crippen molar-refractivity contribution in [2.45, 2.75) is 47.5 Å². The Morgan fingerprint density at radius 3 is 2.61 bits per heavy atom. The average Bonchev–Trinajstić information content (AvgIpc) is 2.76. The second-order valence-electron chi connectivity index (χ2n) is 4.38. The molecule has 0 saturated carbocycles. The number of aromatic nitrogens is 2. The van der Waals surface area contributed by atoms with Crippen LogP contribution in [0.1, 0.15) is 27.2 Å². The van der Waals surface area contributed by atoms with Gasteiger partial charge in [0.25, 0.3) is 0 Å². The molecule has 0 aromatic carbocycles. The second-order valence-corrected chi connectivity index (χ2v) is 7.75. The van der Waals surface area contributed by atoms with Crippen LogP contribution < -0.4 is 5.32 Å². The third-order valence-corrected chi connectivity index (χ3v) is 5.28. The van der Waals surface area contributed by atoms with Crippen LogP contribution in [0.5, 0.6) is 0 Å². The molecular formula is C11H18N4S3. The van der Waals surface area contributed by atoms with Crippen LogP contribution in [0.15, 0.2) is 8.68 Å². The lowest BCUT2D eigenvalue weighted by Gasteiger charge is -2.25. The van der Waals surface area contributed by atoms with Crippen LogP contribution in [0.4, 0.5) is 0 Å². The second kappa shape index (κ2) is 7.34. The van der Waals surface area contributed by atoms with Crippen molar-refractivity contribution < 1.29 is 0 Å². The summed E-state index contributed by atoms with van der Waals surface area (Å²) >= 11 is 4.88. The highest BCUT2D eigenvalue weighted by Gasteiger charge is 2.24. The van der Waals surface area contributed by atoms with Crippen molar-refractivity contribution in [1.29, 1.82) is 5.26 Å². The number of nitriles is 1. The predicted octanol–water partition coefficient (Wildman–Crippen LogP) is 3.02. The molecule has 100 valence electrons. The number of hydrogen-bond acceptors (Lipinski definition) is 7. The highest BCUT2D eigenvalue weighted by molar-refractivity contribution is 8.02. The van der Waals surface area contributed by atoms with Gasteiger partial charge in [0.2, 0.25) is 0 Å². The molecule has 0 aliphatic carbocycles. The van der Waals surface area contributed by atoms with E-state index in [-0.39, 0.29) is 0 Å². The third-order valence-electron chi connectivity index (χ3n) is 2.24. The van der Waals surface area contributed by atoms with Gasteiger partial charge in [-0.15, -0.1) is 10.2 Å². The van der Waals surface area contributed by atoms with Crippen molar-refractivity contribution in [3.63, 3.8) is 0 Å². The summed E-state index contributed by atoms with van der Waals surface area (Å²) in [5.41, 5.74) is -0.464. The fourth-order valence-electron chi connectivity index (χ4n) is 1.48. The van der Waals surface area contributed by atoms with Gasteiger partial charge in [-0.3, -0.25) is 5.32 Å². The summed E-state index contributed by atoms with van der Waals surface area (Å²) in [6.07, 6.45) is 2.79. The van der Waals surface area contributed by atoms with E-state index in [2.05, 4.69) is 35.4 Å². The van der Waals surface area contributed by atoms with Crippen LogP contribution in [-0.2, 0) is 0 Å². The first-order chi connectivity index (χ1) is 8.49. The van der Waals surface area contributed by atoms with Crippen LogP contribution in [0.25, 0.3) is 0 Å². The van der Waals surface area contributed by atoms with Crippen LogP contribution in [-0.4, -0.2) is 33.8 Å². The van der Waals surface area contributed by atoms with E-state index >= 15 is 0 Å². The molecule has 1 atom stereocenters. The van der Waals surface area contributed by atoms with Gasteiger partial charge in [0.05, 0.1) is 6.07 Å². The third kappa shape index (κ3) is 5.14. The van der Waals surface area contributed by atoms with Crippen molar-refractivity contribution in [3.05, 3.63) is 0 Å². The smallest absolute Gasteiger partial charge is 0.175 e. The SMILES string of the molecule is CSc1nnc(SCCC(C)(C#N)NC(C)C)s1. The van der Waals surface area contributed by atoms with Gasteiger partial charge < -0.3 is 0 Å². The van der Waals surface area contributed by atoms with Gasteiger partial charge in [-0.05, 0) is 33.4 Å². The normalized spacial score (nSPS) is 14.4. The molecular weight excluding hydrogens is 284 g/mol. The molecule has 1 unspecified atom stereocenters. The van der Waals surface area contributed by atoms with Crippen molar-refractivity contribution in [2.24, 2.45) is 0 Å². The van der Waals surface area contributed by atoms with Gasteiger partial charge in [-0.2, -0.15) is 5.26 Å². The van der Waals surface area contributed by atoms with Gasteiger partial charge >= 0.3 is 0 Å². The lowest BCUT2D eigenvalue weighted by atomic mass is 10.0. The fraction of sp³-hybridized carbons (Fsp3) is 0.727. The molecule has 1 N–H and O–H groups in total. The van der Waals surface area contributed by atoms with Crippen molar-refractivity contribution in [2.75, 3.05) is 12.0 Å². The van der Waals surface area contributed by atoms with Gasteiger partial charge in [-0.25, -0.2) is 0 Å². The Labute approximate surface area is 121 Å². The van der Waals surface area contributed by atoms with Crippen molar-refractivity contribution in [3.8, 4) is 6.07 Å². The fourth-order valence-corrected chi connectivity index (χ4v) is 4.15. The van der Waals surface area contributed by atoms with E-state index in [4.69, 9.17) is 0 Å². The molecule has 1 aromatic rings. The molecule has 7 heteroatoms. The molecule has 0 amide bonds. The van der Waals surface area contributed by atoms with Crippen LogP contribution in [0.2, 0.25) is 0 Å². The van der Waals surface area contributed by atoms with Gasteiger partial charge in [0, 0.05) is 11.8 Å². The Bertz CT molecular complexity index is 413.